The maximum absolute atomic E-state index is 13.8. The third-order valence-electron chi connectivity index (χ3n) is 5.24. The van der Waals surface area contributed by atoms with Gasteiger partial charge in [-0.1, -0.05) is 6.42 Å². The Morgan fingerprint density at radius 3 is 2.32 bits per heavy atom. The number of pyridine rings is 1. The number of hydrazine groups is 1. The van der Waals surface area contributed by atoms with Crippen molar-refractivity contribution in [1.82, 2.24) is 15.8 Å². The lowest BCUT2D eigenvalue weighted by Crippen LogP contribution is -2.60. The molecule has 1 aliphatic rings. The highest BCUT2D eigenvalue weighted by Gasteiger charge is 2.59. The second-order valence-electron chi connectivity index (χ2n) is 9.66. The zero-order valence-electron chi connectivity index (χ0n) is 20.9. The third kappa shape index (κ3) is 7.85. The Kier molecular flexibility index (Phi) is 9.12. The van der Waals surface area contributed by atoms with E-state index in [0.717, 1.165) is 0 Å². The van der Waals surface area contributed by atoms with Crippen LogP contribution in [0.4, 0.5) is 36.8 Å². The Morgan fingerprint density at radius 1 is 1.13 bits per heavy atom. The van der Waals surface area contributed by atoms with Crippen LogP contribution in [-0.2, 0) is 15.7 Å². The highest BCUT2D eigenvalue weighted by atomic mass is 19.4. The van der Waals surface area contributed by atoms with E-state index < -0.39 is 76.8 Å². The summed E-state index contributed by atoms with van der Waals surface area (Å²) in [6.45, 7) is 5.77. The van der Waals surface area contributed by atoms with Crippen molar-refractivity contribution in [2.24, 2.45) is 0 Å². The smallest absolute Gasteiger partial charge is 0.426 e. The number of nitrogens with zero attached hydrogens (tertiary/aromatic N) is 1. The SMILES string of the molecule is C[C@H]1CCCCC[C@](O)(C(F)(F)F)C(=O)NNC(=O)c2nc(c(C(F)(F)F)cc2NC(=O)OC(C)(C)C)O1. The lowest BCUT2D eigenvalue weighted by Gasteiger charge is -2.29. The summed E-state index contributed by atoms with van der Waals surface area (Å²) >= 11 is 0. The molecule has 0 fully saturated rings. The first kappa shape index (κ1) is 30.9. The zero-order valence-corrected chi connectivity index (χ0v) is 20.9. The number of amides is 3. The first-order valence-electron chi connectivity index (χ1n) is 11.4. The summed E-state index contributed by atoms with van der Waals surface area (Å²) in [6, 6.07) is 0.347. The Bertz CT molecular complexity index is 1060. The molecule has 214 valence electrons. The topological polar surface area (TPSA) is 139 Å². The number of rotatable bonds is 1. The van der Waals surface area contributed by atoms with Crippen LogP contribution >= 0.6 is 0 Å². The van der Waals surface area contributed by atoms with E-state index in [1.165, 1.54) is 33.1 Å². The number of anilines is 1. The van der Waals surface area contributed by atoms with Crippen molar-refractivity contribution in [2.45, 2.75) is 89.5 Å². The monoisotopic (exact) mass is 558 g/mol. The summed E-state index contributed by atoms with van der Waals surface area (Å²) in [7, 11) is 0. The molecule has 0 saturated heterocycles. The van der Waals surface area contributed by atoms with Crippen molar-refractivity contribution in [3.8, 4) is 5.88 Å². The van der Waals surface area contributed by atoms with Crippen LogP contribution in [0.2, 0.25) is 0 Å². The van der Waals surface area contributed by atoms with Crippen LogP contribution in [0, 0.1) is 0 Å². The Hall–Kier alpha value is -3.30. The molecule has 2 heterocycles. The van der Waals surface area contributed by atoms with Crippen molar-refractivity contribution in [3.05, 3.63) is 17.3 Å². The van der Waals surface area contributed by atoms with Gasteiger partial charge in [0, 0.05) is 0 Å². The summed E-state index contributed by atoms with van der Waals surface area (Å²) in [5.74, 6) is -4.57. The number of hydrogen-bond acceptors (Lipinski definition) is 7. The predicted molar refractivity (Wildman–Crippen MR) is 119 cm³/mol. The van der Waals surface area contributed by atoms with E-state index in [4.69, 9.17) is 9.47 Å². The molecule has 0 spiro atoms. The number of hydrogen-bond donors (Lipinski definition) is 4. The number of nitrogens with one attached hydrogen (secondary N) is 3. The van der Waals surface area contributed by atoms with E-state index in [2.05, 4.69) is 4.98 Å². The summed E-state index contributed by atoms with van der Waals surface area (Å²) in [4.78, 5) is 40.9. The van der Waals surface area contributed by atoms with E-state index in [0.29, 0.717) is 6.07 Å². The molecule has 1 aliphatic heterocycles. The standard InChI is InChI=1S/C22H28F6N4O6/c1-11-8-6-5-7-9-20(36,22(26,27)28)17(34)32-31-15(33)14-13(29-18(35)38-19(2,3)4)10-12(21(23,24)25)16(30-14)37-11/h10-11,36H,5-9H2,1-4H3,(H,29,35)(H,31,33)(H,32,34)/t11-,20+/m0/s1. The lowest BCUT2D eigenvalue weighted by molar-refractivity contribution is -0.254. The normalized spacial score (nSPS) is 22.2. The van der Waals surface area contributed by atoms with Gasteiger partial charge in [-0.15, -0.1) is 0 Å². The minimum atomic E-state index is -5.41. The van der Waals surface area contributed by atoms with Gasteiger partial charge < -0.3 is 14.6 Å². The second kappa shape index (κ2) is 11.2. The molecule has 1 aromatic heterocycles. The molecule has 2 rings (SSSR count). The van der Waals surface area contributed by atoms with Gasteiger partial charge in [-0.05, 0) is 59.4 Å². The molecule has 0 radical (unpaired) electrons. The molecular formula is C22H28F6N4O6. The fraction of sp³-hybridized carbons (Fsp3) is 0.636. The van der Waals surface area contributed by atoms with Crippen LogP contribution in [0.15, 0.2) is 6.07 Å². The summed E-state index contributed by atoms with van der Waals surface area (Å²) in [5, 5.41) is 12.0. The first-order valence-corrected chi connectivity index (χ1v) is 11.4. The van der Waals surface area contributed by atoms with Gasteiger partial charge in [-0.25, -0.2) is 9.78 Å². The molecule has 4 N–H and O–H groups in total. The lowest BCUT2D eigenvalue weighted by atomic mass is 9.94. The zero-order chi connectivity index (χ0) is 29.1. The number of ether oxygens (including phenoxy) is 2. The number of halogens is 6. The Balaban J connectivity index is 2.59. The van der Waals surface area contributed by atoms with E-state index in [1.54, 1.807) is 5.43 Å². The fourth-order valence-corrected chi connectivity index (χ4v) is 3.37. The number of fused-ring (bicyclic) bond motifs is 2. The number of aromatic nitrogens is 1. The van der Waals surface area contributed by atoms with Gasteiger partial charge in [0.1, 0.15) is 11.2 Å². The molecule has 2 bridgehead atoms. The van der Waals surface area contributed by atoms with Crippen LogP contribution in [-0.4, -0.2) is 51.5 Å². The highest BCUT2D eigenvalue weighted by molar-refractivity contribution is 6.02. The van der Waals surface area contributed by atoms with E-state index in [1.807, 2.05) is 5.32 Å². The maximum Gasteiger partial charge on any atom is 0.426 e. The number of carbonyl (C=O) groups excluding carboxylic acids is 3. The molecule has 38 heavy (non-hydrogen) atoms. The molecule has 16 heteroatoms. The Morgan fingerprint density at radius 2 is 1.76 bits per heavy atom. The molecule has 10 nitrogen and oxygen atoms in total. The number of carbonyl (C=O) groups is 3. The van der Waals surface area contributed by atoms with Gasteiger partial charge in [0.25, 0.3) is 11.8 Å². The third-order valence-corrected chi connectivity index (χ3v) is 5.24. The van der Waals surface area contributed by atoms with Crippen molar-refractivity contribution in [3.63, 3.8) is 0 Å². The molecule has 0 aromatic carbocycles. The van der Waals surface area contributed by atoms with Gasteiger partial charge in [0.2, 0.25) is 11.5 Å². The summed E-state index contributed by atoms with van der Waals surface area (Å²) < 4.78 is 92.4. The van der Waals surface area contributed by atoms with Gasteiger partial charge in [-0.2, -0.15) is 26.3 Å². The highest BCUT2D eigenvalue weighted by Crippen LogP contribution is 2.39. The van der Waals surface area contributed by atoms with E-state index in [9.17, 15) is 45.8 Å². The van der Waals surface area contributed by atoms with Crippen LogP contribution in [0.5, 0.6) is 5.88 Å². The molecular weight excluding hydrogens is 530 g/mol. The molecule has 3 amide bonds. The minimum Gasteiger partial charge on any atom is -0.474 e. The van der Waals surface area contributed by atoms with Crippen molar-refractivity contribution in [2.75, 3.05) is 5.32 Å². The van der Waals surface area contributed by atoms with Crippen molar-refractivity contribution in [1.29, 1.82) is 0 Å². The van der Waals surface area contributed by atoms with Crippen LogP contribution in [0.3, 0.4) is 0 Å². The van der Waals surface area contributed by atoms with Gasteiger partial charge in [-0.3, -0.25) is 25.8 Å². The largest absolute Gasteiger partial charge is 0.474 e. The minimum absolute atomic E-state index is 0.0784. The fourth-order valence-electron chi connectivity index (χ4n) is 3.37. The van der Waals surface area contributed by atoms with Crippen LogP contribution < -0.4 is 20.9 Å². The summed E-state index contributed by atoms with van der Waals surface area (Å²) in [6.07, 6.45) is -13.6. The first-order chi connectivity index (χ1) is 17.2. The molecule has 2 atom stereocenters. The van der Waals surface area contributed by atoms with Gasteiger partial charge in [0.05, 0.1) is 11.8 Å². The molecule has 0 unspecified atom stereocenters. The summed E-state index contributed by atoms with van der Waals surface area (Å²) in [5.41, 5.74) is -5.19. The number of alkyl halides is 6. The van der Waals surface area contributed by atoms with Crippen molar-refractivity contribution < 1.29 is 55.3 Å². The number of aliphatic hydroxyl groups is 1. The van der Waals surface area contributed by atoms with Gasteiger partial charge >= 0.3 is 18.4 Å². The quantitative estimate of drug-likeness (QED) is 0.379. The molecule has 1 aromatic rings. The van der Waals surface area contributed by atoms with Gasteiger partial charge in [0.15, 0.2) is 5.69 Å². The van der Waals surface area contributed by atoms with Crippen molar-refractivity contribution >= 4 is 23.6 Å². The Labute approximate surface area is 213 Å². The molecule has 0 saturated carbocycles. The van der Waals surface area contributed by atoms with Crippen LogP contribution in [0.25, 0.3) is 0 Å². The maximum atomic E-state index is 13.8. The average Bonchev–Trinajstić information content (AvgIpc) is 2.74. The average molecular weight is 558 g/mol. The van der Waals surface area contributed by atoms with E-state index >= 15 is 0 Å². The molecule has 0 aliphatic carbocycles. The van der Waals surface area contributed by atoms with Crippen LogP contribution in [0.1, 0.15) is 75.9 Å². The second-order valence-corrected chi connectivity index (χ2v) is 9.66. The van der Waals surface area contributed by atoms with E-state index in [-0.39, 0.29) is 25.7 Å². The predicted octanol–water partition coefficient (Wildman–Crippen LogP) is 4.23.